The number of carbonyl (C=O) groups excluding carboxylic acids is 3. The van der Waals surface area contributed by atoms with Crippen molar-refractivity contribution in [1.29, 1.82) is 0 Å². The summed E-state index contributed by atoms with van der Waals surface area (Å²) in [6.07, 6.45) is 7.25. The van der Waals surface area contributed by atoms with Gasteiger partial charge in [0.1, 0.15) is 5.60 Å². The van der Waals surface area contributed by atoms with Crippen molar-refractivity contribution in [3.63, 3.8) is 0 Å². The molecule has 1 heterocycles. The second-order valence-corrected chi connectivity index (χ2v) is 10.1. The van der Waals surface area contributed by atoms with Crippen LogP contribution in [0.5, 0.6) is 0 Å². The molecule has 4 rings (SSSR count). The summed E-state index contributed by atoms with van der Waals surface area (Å²) in [5.74, 6) is -1.34. The van der Waals surface area contributed by atoms with Crippen molar-refractivity contribution < 1.29 is 28.6 Å². The number of fused-ring (bicyclic) bond motifs is 1. The SMILES string of the molecule is C=C(C)C1=CC(C)C(C(C)(C)OCC2CC2(C)OC(=O)c2ccc3c(c2)C(=O)OC3=O)C=C1. The zero-order valence-electron chi connectivity index (χ0n) is 19.8. The van der Waals surface area contributed by atoms with E-state index >= 15 is 0 Å². The van der Waals surface area contributed by atoms with Crippen LogP contribution in [0, 0.1) is 17.8 Å². The molecule has 1 aromatic rings. The molecule has 174 valence electrons. The number of esters is 3. The molecular weight excluding hydrogens is 420 g/mol. The van der Waals surface area contributed by atoms with Gasteiger partial charge in [-0.3, -0.25) is 0 Å². The second-order valence-electron chi connectivity index (χ2n) is 10.1. The summed E-state index contributed by atoms with van der Waals surface area (Å²) in [7, 11) is 0. The lowest BCUT2D eigenvalue weighted by Crippen LogP contribution is -2.38. The predicted molar refractivity (Wildman–Crippen MR) is 123 cm³/mol. The third kappa shape index (κ3) is 4.44. The first-order chi connectivity index (χ1) is 15.4. The summed E-state index contributed by atoms with van der Waals surface area (Å²) in [5, 5.41) is 0. The molecule has 6 nitrogen and oxygen atoms in total. The lowest BCUT2D eigenvalue weighted by atomic mass is 9.76. The summed E-state index contributed by atoms with van der Waals surface area (Å²) in [6.45, 7) is 14.8. The van der Waals surface area contributed by atoms with Crippen molar-refractivity contribution in [2.45, 2.75) is 52.2 Å². The van der Waals surface area contributed by atoms with Crippen LogP contribution in [0.3, 0.4) is 0 Å². The van der Waals surface area contributed by atoms with E-state index in [0.717, 1.165) is 5.57 Å². The van der Waals surface area contributed by atoms with Crippen LogP contribution in [0.15, 0.2) is 54.2 Å². The van der Waals surface area contributed by atoms with Gasteiger partial charge in [0.15, 0.2) is 0 Å². The van der Waals surface area contributed by atoms with Crippen LogP contribution >= 0.6 is 0 Å². The van der Waals surface area contributed by atoms with Gasteiger partial charge in [-0.25, -0.2) is 14.4 Å². The molecule has 1 fully saturated rings. The van der Waals surface area contributed by atoms with E-state index in [1.165, 1.54) is 23.8 Å². The van der Waals surface area contributed by atoms with Crippen molar-refractivity contribution >= 4 is 17.9 Å². The maximum atomic E-state index is 12.7. The van der Waals surface area contributed by atoms with E-state index in [1.54, 1.807) is 0 Å². The predicted octanol–water partition coefficient (Wildman–Crippen LogP) is 5.05. The zero-order valence-corrected chi connectivity index (χ0v) is 19.8. The Morgan fingerprint density at radius 3 is 2.61 bits per heavy atom. The summed E-state index contributed by atoms with van der Waals surface area (Å²) in [4.78, 5) is 36.0. The molecule has 3 aliphatic rings. The molecular formula is C27H30O6. The van der Waals surface area contributed by atoms with Gasteiger partial charge in [0.05, 0.1) is 28.9 Å². The van der Waals surface area contributed by atoms with E-state index in [9.17, 15) is 14.4 Å². The maximum Gasteiger partial charge on any atom is 0.346 e. The summed E-state index contributed by atoms with van der Waals surface area (Å²) in [6, 6.07) is 4.25. The van der Waals surface area contributed by atoms with Gasteiger partial charge in [0.25, 0.3) is 0 Å². The highest BCUT2D eigenvalue weighted by atomic mass is 16.6. The van der Waals surface area contributed by atoms with Crippen LogP contribution in [0.2, 0.25) is 0 Å². The number of allylic oxidation sites excluding steroid dienone is 4. The van der Waals surface area contributed by atoms with Crippen LogP contribution in [0.25, 0.3) is 0 Å². The van der Waals surface area contributed by atoms with Crippen molar-refractivity contribution in [1.82, 2.24) is 0 Å². The van der Waals surface area contributed by atoms with E-state index < -0.39 is 23.5 Å². The minimum absolute atomic E-state index is 0.0890. The first-order valence-corrected chi connectivity index (χ1v) is 11.2. The number of cyclic esters (lactones) is 2. The fourth-order valence-electron chi connectivity index (χ4n) is 4.66. The van der Waals surface area contributed by atoms with Gasteiger partial charge in [-0.15, -0.1) is 0 Å². The molecule has 6 heteroatoms. The van der Waals surface area contributed by atoms with Gasteiger partial charge in [-0.05, 0) is 63.8 Å². The van der Waals surface area contributed by atoms with Gasteiger partial charge in [-0.2, -0.15) is 0 Å². The normalized spacial score (nSPS) is 28.2. The number of rotatable bonds is 7. The topological polar surface area (TPSA) is 78.9 Å². The molecule has 1 aliphatic heterocycles. The van der Waals surface area contributed by atoms with E-state index in [4.69, 9.17) is 9.47 Å². The molecule has 4 unspecified atom stereocenters. The van der Waals surface area contributed by atoms with Crippen LogP contribution in [-0.4, -0.2) is 35.7 Å². The van der Waals surface area contributed by atoms with Crippen LogP contribution in [0.4, 0.5) is 0 Å². The van der Waals surface area contributed by atoms with Crippen molar-refractivity contribution in [3.8, 4) is 0 Å². The lowest BCUT2D eigenvalue weighted by molar-refractivity contribution is -0.0683. The number of carbonyl (C=O) groups is 3. The fourth-order valence-corrected chi connectivity index (χ4v) is 4.66. The average molecular weight is 451 g/mol. The molecule has 4 atom stereocenters. The van der Waals surface area contributed by atoms with Crippen molar-refractivity contribution in [2.75, 3.05) is 6.61 Å². The molecule has 0 radical (unpaired) electrons. The van der Waals surface area contributed by atoms with Gasteiger partial charge in [0, 0.05) is 11.8 Å². The summed E-state index contributed by atoms with van der Waals surface area (Å²) < 4.78 is 16.7. The third-order valence-corrected chi connectivity index (χ3v) is 7.01. The Morgan fingerprint density at radius 1 is 1.24 bits per heavy atom. The highest BCUT2D eigenvalue weighted by Crippen LogP contribution is 2.48. The minimum Gasteiger partial charge on any atom is -0.455 e. The van der Waals surface area contributed by atoms with Crippen LogP contribution in [0.1, 0.15) is 72.1 Å². The minimum atomic E-state index is -0.744. The molecule has 0 spiro atoms. The highest BCUT2D eigenvalue weighted by Gasteiger charge is 2.55. The van der Waals surface area contributed by atoms with Gasteiger partial charge in [0.2, 0.25) is 0 Å². The molecule has 0 aromatic heterocycles. The van der Waals surface area contributed by atoms with E-state index in [1.807, 2.05) is 13.8 Å². The Balaban J connectivity index is 1.34. The third-order valence-electron chi connectivity index (χ3n) is 7.01. The Morgan fingerprint density at radius 2 is 1.94 bits per heavy atom. The standard InChI is InChI=1S/C27H30O6/c1-15(2)17-8-10-22(16(3)11-17)26(4,5)31-14-19-13-27(19,6)33-23(28)18-7-9-20-21(12-18)25(30)32-24(20)29/h7-12,16,19,22H,1,13-14H2,2-6H3. The van der Waals surface area contributed by atoms with E-state index in [2.05, 4.69) is 50.3 Å². The number of ether oxygens (including phenoxy) is 3. The second kappa shape index (κ2) is 8.10. The first-order valence-electron chi connectivity index (χ1n) is 11.2. The Hall–Kier alpha value is -2.99. The molecule has 0 bridgehead atoms. The molecule has 1 saturated carbocycles. The Kier molecular flexibility index (Phi) is 5.69. The molecule has 33 heavy (non-hydrogen) atoms. The molecule has 1 aromatic carbocycles. The first kappa shape index (κ1) is 23.2. The monoisotopic (exact) mass is 450 g/mol. The largest absolute Gasteiger partial charge is 0.455 e. The zero-order chi connectivity index (χ0) is 24.1. The van der Waals surface area contributed by atoms with Crippen LogP contribution in [-0.2, 0) is 14.2 Å². The van der Waals surface area contributed by atoms with Gasteiger partial charge >= 0.3 is 17.9 Å². The molecule has 0 amide bonds. The number of hydrogen-bond acceptors (Lipinski definition) is 6. The number of benzene rings is 1. The lowest BCUT2D eigenvalue weighted by Gasteiger charge is -2.37. The summed E-state index contributed by atoms with van der Waals surface area (Å²) in [5.41, 5.74) is 1.69. The van der Waals surface area contributed by atoms with Gasteiger partial charge < -0.3 is 14.2 Å². The van der Waals surface area contributed by atoms with Crippen molar-refractivity contribution in [2.24, 2.45) is 17.8 Å². The number of hydrogen-bond donors (Lipinski definition) is 0. The average Bonchev–Trinajstić information content (AvgIpc) is 3.30. The Bertz CT molecular complexity index is 1110. The fraction of sp³-hybridized carbons (Fsp3) is 0.444. The molecule has 0 N–H and O–H groups in total. The molecule has 0 saturated heterocycles. The van der Waals surface area contributed by atoms with Gasteiger partial charge in [-0.1, -0.05) is 37.3 Å². The Labute approximate surface area is 194 Å². The maximum absolute atomic E-state index is 12.7. The quantitative estimate of drug-likeness (QED) is 0.427. The highest BCUT2D eigenvalue weighted by molar-refractivity contribution is 6.15. The summed E-state index contributed by atoms with van der Waals surface area (Å²) >= 11 is 0. The van der Waals surface area contributed by atoms with Crippen LogP contribution < -0.4 is 0 Å². The smallest absolute Gasteiger partial charge is 0.346 e. The van der Waals surface area contributed by atoms with E-state index in [-0.39, 0.29) is 34.1 Å². The van der Waals surface area contributed by atoms with Crippen molar-refractivity contribution in [3.05, 3.63) is 70.8 Å². The van der Waals surface area contributed by atoms with E-state index in [0.29, 0.717) is 18.9 Å². The molecule has 2 aliphatic carbocycles.